The average molecular weight is 435 g/mol. The first-order valence-corrected chi connectivity index (χ1v) is 10.1. The third-order valence-electron chi connectivity index (χ3n) is 6.18. The summed E-state index contributed by atoms with van der Waals surface area (Å²) in [7, 11) is 3.66. The summed E-state index contributed by atoms with van der Waals surface area (Å²) in [5.74, 6) is 2.16. The lowest BCUT2D eigenvalue weighted by atomic mass is 9.77. The first kappa shape index (κ1) is 21.3. The molecule has 1 fully saturated rings. The first-order chi connectivity index (χ1) is 14.5. The van der Waals surface area contributed by atoms with Crippen molar-refractivity contribution in [3.63, 3.8) is 0 Å². The summed E-state index contributed by atoms with van der Waals surface area (Å²) < 4.78 is 38.0. The quantitative estimate of drug-likeness (QED) is 0.790. The summed E-state index contributed by atoms with van der Waals surface area (Å²) in [6, 6.07) is -0.127. The van der Waals surface area contributed by atoms with E-state index >= 15 is 0 Å². The Morgan fingerprint density at radius 3 is 2.55 bits per heavy atom. The Kier molecular flexibility index (Phi) is 5.22. The third-order valence-corrected chi connectivity index (χ3v) is 6.18. The Balaban J connectivity index is 1.39. The Bertz CT molecular complexity index is 990. The SMILES string of the molecule is Cc1nc(CC2CC(N(C)c3cnc(C(F)(F)F)cn3)C2)nc2c1NC(=O)[C@H](C)N2C. The fourth-order valence-electron chi connectivity index (χ4n) is 3.97. The molecule has 0 saturated heterocycles. The van der Waals surface area contributed by atoms with E-state index in [0.717, 1.165) is 42.6 Å². The highest BCUT2D eigenvalue weighted by Gasteiger charge is 2.36. The normalized spacial score (nSPS) is 23.1. The molecule has 1 aliphatic heterocycles. The van der Waals surface area contributed by atoms with Crippen LogP contribution < -0.4 is 15.1 Å². The molecule has 0 radical (unpaired) electrons. The molecular formula is C20H24F3N7O. The second kappa shape index (κ2) is 7.61. The second-order valence-corrected chi connectivity index (χ2v) is 8.26. The highest BCUT2D eigenvalue weighted by atomic mass is 19.4. The minimum atomic E-state index is -4.49. The summed E-state index contributed by atoms with van der Waals surface area (Å²) >= 11 is 0. The van der Waals surface area contributed by atoms with Crippen molar-refractivity contribution in [1.29, 1.82) is 0 Å². The van der Waals surface area contributed by atoms with Crippen LogP contribution in [0.3, 0.4) is 0 Å². The van der Waals surface area contributed by atoms with Gasteiger partial charge in [-0.05, 0) is 32.6 Å². The van der Waals surface area contributed by atoms with Crippen molar-refractivity contribution >= 4 is 23.2 Å². The maximum absolute atomic E-state index is 12.7. The van der Waals surface area contributed by atoms with Gasteiger partial charge in [0.25, 0.3) is 0 Å². The van der Waals surface area contributed by atoms with Gasteiger partial charge in [-0.2, -0.15) is 13.2 Å². The van der Waals surface area contributed by atoms with Gasteiger partial charge >= 0.3 is 6.18 Å². The summed E-state index contributed by atoms with van der Waals surface area (Å²) in [5.41, 5.74) is 0.396. The molecule has 1 saturated carbocycles. The Morgan fingerprint density at radius 2 is 1.94 bits per heavy atom. The van der Waals surface area contributed by atoms with Crippen molar-refractivity contribution in [2.45, 2.75) is 51.4 Å². The minimum Gasteiger partial charge on any atom is -0.355 e. The number of nitrogens with zero attached hydrogens (tertiary/aromatic N) is 6. The monoisotopic (exact) mass is 435 g/mol. The zero-order chi connectivity index (χ0) is 22.5. The van der Waals surface area contributed by atoms with E-state index in [2.05, 4.69) is 25.3 Å². The molecule has 2 aromatic heterocycles. The smallest absolute Gasteiger partial charge is 0.355 e. The molecule has 0 aromatic carbocycles. The molecule has 166 valence electrons. The number of anilines is 3. The number of halogens is 3. The molecule has 31 heavy (non-hydrogen) atoms. The van der Waals surface area contributed by atoms with Crippen LogP contribution in [0.15, 0.2) is 12.4 Å². The lowest BCUT2D eigenvalue weighted by Gasteiger charge is -2.41. The Labute approximate surface area is 177 Å². The summed E-state index contributed by atoms with van der Waals surface area (Å²) in [4.78, 5) is 32.4. The van der Waals surface area contributed by atoms with Gasteiger partial charge in [0.1, 0.15) is 23.4 Å². The standard InChI is InChI=1S/C20H24F3N7O/c1-10-17-18(29(3)11(2)19(31)28-17)27-15(26-10)7-12-5-13(6-12)30(4)16-9-24-14(8-25-16)20(21,22)23/h8-9,11-13H,5-7H2,1-4H3,(H,28,31)/t11-,12?,13?/m0/s1. The van der Waals surface area contributed by atoms with E-state index < -0.39 is 11.9 Å². The molecule has 0 bridgehead atoms. The van der Waals surface area contributed by atoms with E-state index in [9.17, 15) is 18.0 Å². The molecule has 1 amide bonds. The lowest BCUT2D eigenvalue weighted by molar-refractivity contribution is -0.141. The molecule has 1 aliphatic carbocycles. The number of nitrogens with one attached hydrogen (secondary N) is 1. The summed E-state index contributed by atoms with van der Waals surface area (Å²) in [5, 5.41) is 2.87. The third kappa shape index (κ3) is 4.00. The molecule has 2 aromatic rings. The highest BCUT2D eigenvalue weighted by Crippen LogP contribution is 2.37. The van der Waals surface area contributed by atoms with Gasteiger partial charge in [0.15, 0.2) is 11.5 Å². The van der Waals surface area contributed by atoms with Gasteiger partial charge in [0.05, 0.1) is 18.1 Å². The topological polar surface area (TPSA) is 87.1 Å². The predicted molar refractivity (Wildman–Crippen MR) is 109 cm³/mol. The second-order valence-electron chi connectivity index (χ2n) is 8.26. The van der Waals surface area contributed by atoms with E-state index in [1.54, 1.807) is 0 Å². The molecule has 1 atom stereocenters. The number of carbonyl (C=O) groups excluding carboxylic acids is 1. The zero-order valence-corrected chi connectivity index (χ0v) is 17.7. The number of aromatic nitrogens is 4. The number of likely N-dealkylation sites (N-methyl/N-ethyl adjacent to an activating group) is 1. The van der Waals surface area contributed by atoms with Crippen LogP contribution in [-0.2, 0) is 17.4 Å². The van der Waals surface area contributed by atoms with Crippen LogP contribution in [0.2, 0.25) is 0 Å². The zero-order valence-electron chi connectivity index (χ0n) is 17.7. The van der Waals surface area contributed by atoms with Crippen LogP contribution in [0.4, 0.5) is 30.5 Å². The fraction of sp³-hybridized carbons (Fsp3) is 0.550. The van der Waals surface area contributed by atoms with Crippen LogP contribution >= 0.6 is 0 Å². The van der Waals surface area contributed by atoms with Gasteiger partial charge in [-0.15, -0.1) is 0 Å². The minimum absolute atomic E-state index is 0.0781. The van der Waals surface area contributed by atoms with Crippen molar-refractivity contribution in [2.75, 3.05) is 29.2 Å². The number of hydrogen-bond donors (Lipinski definition) is 1. The number of rotatable bonds is 4. The fourth-order valence-corrected chi connectivity index (χ4v) is 3.97. The molecule has 4 rings (SSSR count). The molecule has 3 heterocycles. The first-order valence-electron chi connectivity index (χ1n) is 10.1. The highest BCUT2D eigenvalue weighted by molar-refractivity contribution is 6.02. The lowest BCUT2D eigenvalue weighted by Crippen LogP contribution is -2.45. The number of fused-ring (bicyclic) bond motifs is 1. The number of carbonyl (C=O) groups is 1. The van der Waals surface area contributed by atoms with Crippen molar-refractivity contribution < 1.29 is 18.0 Å². The molecular weight excluding hydrogens is 411 g/mol. The van der Waals surface area contributed by atoms with Gasteiger partial charge in [-0.1, -0.05) is 0 Å². The van der Waals surface area contributed by atoms with Crippen molar-refractivity contribution in [3.05, 3.63) is 29.6 Å². The number of aryl methyl sites for hydroxylation is 1. The predicted octanol–water partition coefficient (Wildman–Crippen LogP) is 2.83. The molecule has 1 N–H and O–H groups in total. The Hall–Kier alpha value is -2.98. The van der Waals surface area contributed by atoms with Crippen molar-refractivity contribution in [3.8, 4) is 0 Å². The number of alkyl halides is 3. The summed E-state index contributed by atoms with van der Waals surface area (Å²) in [6.45, 7) is 3.68. The average Bonchev–Trinajstić information content (AvgIpc) is 2.68. The van der Waals surface area contributed by atoms with E-state index in [4.69, 9.17) is 0 Å². The van der Waals surface area contributed by atoms with Gasteiger partial charge in [0, 0.05) is 26.6 Å². The van der Waals surface area contributed by atoms with E-state index in [1.165, 1.54) is 0 Å². The van der Waals surface area contributed by atoms with Crippen LogP contribution in [0.25, 0.3) is 0 Å². The van der Waals surface area contributed by atoms with Crippen LogP contribution in [0.5, 0.6) is 0 Å². The summed E-state index contributed by atoms with van der Waals surface area (Å²) in [6.07, 6.45) is -0.136. The van der Waals surface area contributed by atoms with Crippen LogP contribution in [0.1, 0.15) is 37.0 Å². The van der Waals surface area contributed by atoms with Gasteiger partial charge in [-0.3, -0.25) is 4.79 Å². The van der Waals surface area contributed by atoms with E-state index in [-0.39, 0.29) is 18.0 Å². The van der Waals surface area contributed by atoms with Gasteiger partial charge < -0.3 is 15.1 Å². The molecule has 8 nitrogen and oxygen atoms in total. The molecule has 11 heteroatoms. The van der Waals surface area contributed by atoms with Crippen LogP contribution in [-0.4, -0.2) is 52.0 Å². The van der Waals surface area contributed by atoms with Crippen molar-refractivity contribution in [1.82, 2.24) is 19.9 Å². The van der Waals surface area contributed by atoms with E-state index in [0.29, 0.717) is 23.8 Å². The van der Waals surface area contributed by atoms with Crippen molar-refractivity contribution in [2.24, 2.45) is 5.92 Å². The molecule has 0 spiro atoms. The maximum Gasteiger partial charge on any atom is 0.434 e. The van der Waals surface area contributed by atoms with Gasteiger partial charge in [-0.25, -0.2) is 19.9 Å². The van der Waals surface area contributed by atoms with Gasteiger partial charge in [0.2, 0.25) is 5.91 Å². The van der Waals surface area contributed by atoms with Crippen LogP contribution in [0, 0.1) is 12.8 Å². The molecule has 2 aliphatic rings. The number of hydrogen-bond acceptors (Lipinski definition) is 7. The number of amides is 1. The molecule has 0 unspecified atom stereocenters. The largest absolute Gasteiger partial charge is 0.434 e. The Morgan fingerprint density at radius 1 is 1.23 bits per heavy atom. The maximum atomic E-state index is 12.7. The van der Waals surface area contributed by atoms with E-state index in [1.807, 2.05) is 37.7 Å².